The van der Waals surface area contributed by atoms with Crippen LogP contribution in [-0.2, 0) is 4.79 Å². The van der Waals surface area contributed by atoms with Gasteiger partial charge in [0.1, 0.15) is 11.4 Å². The van der Waals surface area contributed by atoms with Gasteiger partial charge in [-0.3, -0.25) is 4.79 Å². The number of hydrogen-bond acceptors (Lipinski definition) is 2. The van der Waals surface area contributed by atoms with E-state index in [2.05, 4.69) is 5.32 Å². The number of benzene rings is 1. The molecule has 1 aliphatic carbocycles. The number of primary amides is 1. The van der Waals surface area contributed by atoms with Crippen LogP contribution in [0.5, 0.6) is 0 Å². The molecule has 0 radical (unpaired) electrons. The summed E-state index contributed by atoms with van der Waals surface area (Å²) < 4.78 is 13.4. The van der Waals surface area contributed by atoms with E-state index in [1.165, 1.54) is 18.6 Å². The van der Waals surface area contributed by atoms with E-state index in [-0.39, 0.29) is 11.7 Å². The topological polar surface area (TPSA) is 55.1 Å². The Hall–Kier alpha value is -1.58. The van der Waals surface area contributed by atoms with Gasteiger partial charge in [0.15, 0.2) is 0 Å². The molecule has 1 amide bonds. The van der Waals surface area contributed by atoms with Crippen molar-refractivity contribution >= 4 is 11.6 Å². The number of nitrogens with one attached hydrogen (secondary N) is 1. The average Bonchev–Trinajstić information content (AvgIpc) is 2.22. The molecule has 0 saturated heterocycles. The van der Waals surface area contributed by atoms with Crippen molar-refractivity contribution in [3.8, 4) is 0 Å². The van der Waals surface area contributed by atoms with E-state index in [9.17, 15) is 9.18 Å². The molecular weight excluding hydrogens is 243 g/mol. The van der Waals surface area contributed by atoms with E-state index >= 15 is 0 Å². The van der Waals surface area contributed by atoms with Gasteiger partial charge in [-0.2, -0.15) is 0 Å². The molecule has 4 heteroatoms. The zero-order chi connectivity index (χ0) is 14.0. The van der Waals surface area contributed by atoms with Crippen molar-refractivity contribution in [1.82, 2.24) is 0 Å². The molecule has 1 aromatic rings. The van der Waals surface area contributed by atoms with Crippen LogP contribution >= 0.6 is 0 Å². The molecule has 19 heavy (non-hydrogen) atoms. The third-order valence-corrected chi connectivity index (χ3v) is 3.93. The minimum Gasteiger partial charge on any atom is -0.371 e. The van der Waals surface area contributed by atoms with Gasteiger partial charge >= 0.3 is 0 Å². The predicted octanol–water partition coefficient (Wildman–Crippen LogP) is 2.98. The quantitative estimate of drug-likeness (QED) is 0.859. The van der Waals surface area contributed by atoms with Crippen LogP contribution in [0.3, 0.4) is 0 Å². The van der Waals surface area contributed by atoms with Gasteiger partial charge in [0.2, 0.25) is 5.91 Å². The number of amides is 1. The van der Waals surface area contributed by atoms with Gasteiger partial charge in [-0.1, -0.05) is 19.3 Å². The van der Waals surface area contributed by atoms with Crippen LogP contribution in [0.25, 0.3) is 0 Å². The molecule has 1 atom stereocenters. The molecule has 1 aliphatic rings. The van der Waals surface area contributed by atoms with Gasteiger partial charge in [0.25, 0.3) is 0 Å². The number of carbonyl (C=O) groups is 1. The summed E-state index contributed by atoms with van der Waals surface area (Å²) in [6.45, 7) is 3.62. The first kappa shape index (κ1) is 13.8. The predicted molar refractivity (Wildman–Crippen MR) is 74.3 cm³/mol. The Morgan fingerprint density at radius 3 is 2.63 bits per heavy atom. The van der Waals surface area contributed by atoms with Crippen molar-refractivity contribution in [3.63, 3.8) is 0 Å². The SMILES string of the molecule is Cc1cc(F)cc(NC(C)(CC2CCC2)C(N)=O)c1. The molecule has 0 aromatic heterocycles. The second kappa shape index (κ2) is 5.19. The van der Waals surface area contributed by atoms with E-state index in [0.29, 0.717) is 18.0 Å². The van der Waals surface area contributed by atoms with Crippen molar-refractivity contribution in [1.29, 1.82) is 0 Å². The third-order valence-electron chi connectivity index (χ3n) is 3.93. The number of hydrogen-bond donors (Lipinski definition) is 2. The minimum absolute atomic E-state index is 0.307. The monoisotopic (exact) mass is 264 g/mol. The van der Waals surface area contributed by atoms with Gasteiger partial charge < -0.3 is 11.1 Å². The van der Waals surface area contributed by atoms with Crippen molar-refractivity contribution in [3.05, 3.63) is 29.6 Å². The maximum atomic E-state index is 13.4. The van der Waals surface area contributed by atoms with Crippen molar-refractivity contribution in [2.45, 2.75) is 45.1 Å². The number of carbonyl (C=O) groups excluding carboxylic acids is 1. The maximum absolute atomic E-state index is 13.4. The Bertz CT molecular complexity index is 465. The number of rotatable bonds is 5. The molecule has 0 aliphatic heterocycles. The second-order valence-corrected chi connectivity index (χ2v) is 5.84. The van der Waals surface area contributed by atoms with Crippen molar-refractivity contribution in [2.24, 2.45) is 11.7 Å². The molecule has 104 valence electrons. The summed E-state index contributed by atoms with van der Waals surface area (Å²) in [6.07, 6.45) is 4.22. The van der Waals surface area contributed by atoms with Gasteiger partial charge in [-0.15, -0.1) is 0 Å². The summed E-state index contributed by atoms with van der Waals surface area (Å²) >= 11 is 0. The molecule has 0 bridgehead atoms. The molecule has 3 nitrogen and oxygen atoms in total. The molecule has 3 N–H and O–H groups in total. The van der Waals surface area contributed by atoms with Gasteiger partial charge in [-0.05, 0) is 49.9 Å². The zero-order valence-electron chi connectivity index (χ0n) is 11.5. The first-order valence-corrected chi connectivity index (χ1v) is 6.74. The molecule has 1 fully saturated rings. The van der Waals surface area contributed by atoms with E-state index in [1.807, 2.05) is 13.0 Å². The molecule has 1 saturated carbocycles. The average molecular weight is 264 g/mol. The number of halogens is 1. The Kier molecular flexibility index (Phi) is 3.78. The zero-order valence-corrected chi connectivity index (χ0v) is 11.5. The van der Waals surface area contributed by atoms with Gasteiger partial charge in [-0.25, -0.2) is 4.39 Å². The highest BCUT2D eigenvalue weighted by Gasteiger charge is 2.35. The first-order valence-electron chi connectivity index (χ1n) is 6.74. The van der Waals surface area contributed by atoms with Gasteiger partial charge in [0, 0.05) is 5.69 Å². The maximum Gasteiger partial charge on any atom is 0.242 e. The summed E-state index contributed by atoms with van der Waals surface area (Å²) in [5.74, 6) is -0.154. The summed E-state index contributed by atoms with van der Waals surface area (Å²) in [5.41, 5.74) is 6.14. The van der Waals surface area contributed by atoms with Crippen molar-refractivity contribution < 1.29 is 9.18 Å². The highest BCUT2D eigenvalue weighted by molar-refractivity contribution is 5.87. The largest absolute Gasteiger partial charge is 0.371 e. The highest BCUT2D eigenvalue weighted by Crippen LogP contribution is 2.35. The van der Waals surface area contributed by atoms with Crippen LogP contribution in [-0.4, -0.2) is 11.4 Å². The minimum atomic E-state index is -0.814. The summed E-state index contributed by atoms with van der Waals surface area (Å²) in [7, 11) is 0. The van der Waals surface area contributed by atoms with Crippen LogP contribution in [0, 0.1) is 18.7 Å². The van der Waals surface area contributed by atoms with E-state index < -0.39 is 5.54 Å². The molecular formula is C15H21FN2O. The smallest absolute Gasteiger partial charge is 0.242 e. The lowest BCUT2D eigenvalue weighted by Crippen LogP contribution is -2.49. The highest BCUT2D eigenvalue weighted by atomic mass is 19.1. The third kappa shape index (κ3) is 3.25. The lowest BCUT2D eigenvalue weighted by Gasteiger charge is -2.36. The lowest BCUT2D eigenvalue weighted by atomic mass is 9.76. The van der Waals surface area contributed by atoms with Crippen LogP contribution < -0.4 is 11.1 Å². The van der Waals surface area contributed by atoms with E-state index in [0.717, 1.165) is 18.4 Å². The fourth-order valence-electron chi connectivity index (χ4n) is 2.61. The van der Waals surface area contributed by atoms with E-state index in [1.54, 1.807) is 6.92 Å². The van der Waals surface area contributed by atoms with Crippen LogP contribution in [0.2, 0.25) is 0 Å². The van der Waals surface area contributed by atoms with Gasteiger partial charge in [0.05, 0.1) is 0 Å². The van der Waals surface area contributed by atoms with Crippen LogP contribution in [0.15, 0.2) is 18.2 Å². The Labute approximate surface area is 113 Å². The molecule has 2 rings (SSSR count). The van der Waals surface area contributed by atoms with Crippen LogP contribution in [0.4, 0.5) is 10.1 Å². The van der Waals surface area contributed by atoms with E-state index in [4.69, 9.17) is 5.73 Å². The van der Waals surface area contributed by atoms with Crippen LogP contribution in [0.1, 0.15) is 38.2 Å². The summed E-state index contributed by atoms with van der Waals surface area (Å²) in [5, 5.41) is 3.12. The Balaban J connectivity index is 2.17. The molecule has 0 spiro atoms. The second-order valence-electron chi connectivity index (χ2n) is 5.84. The van der Waals surface area contributed by atoms with Crippen molar-refractivity contribution in [2.75, 3.05) is 5.32 Å². The normalized spacial score (nSPS) is 18.5. The first-order chi connectivity index (χ1) is 8.89. The Morgan fingerprint density at radius 1 is 1.47 bits per heavy atom. The fourth-order valence-corrected chi connectivity index (χ4v) is 2.61. The lowest BCUT2D eigenvalue weighted by molar-refractivity contribution is -0.122. The molecule has 0 heterocycles. The number of nitrogens with two attached hydrogens (primary N) is 1. The molecule has 1 aromatic carbocycles. The summed E-state index contributed by atoms with van der Waals surface area (Å²) in [6, 6.07) is 4.68. The number of anilines is 1. The fraction of sp³-hybridized carbons (Fsp3) is 0.533. The summed E-state index contributed by atoms with van der Waals surface area (Å²) in [4.78, 5) is 11.7. The number of aryl methyl sites for hydroxylation is 1. The Morgan fingerprint density at radius 2 is 2.16 bits per heavy atom. The molecule has 1 unspecified atom stereocenters. The standard InChI is InChI=1S/C15H21FN2O/c1-10-6-12(16)8-13(7-10)18-15(2,14(17)19)9-11-4-3-5-11/h6-8,11,18H,3-5,9H2,1-2H3,(H2,17,19).